The van der Waals surface area contributed by atoms with Crippen LogP contribution in [0.1, 0.15) is 30.2 Å². The normalized spacial score (nSPS) is 17.2. The number of ether oxygens (including phenoxy) is 1. The van der Waals surface area contributed by atoms with Crippen molar-refractivity contribution < 1.29 is 14.6 Å². The lowest BCUT2D eigenvalue weighted by Crippen LogP contribution is -2.46. The second-order valence-corrected chi connectivity index (χ2v) is 6.41. The molecular weight excluding hydrogens is 330 g/mol. The van der Waals surface area contributed by atoms with Gasteiger partial charge in [0, 0.05) is 19.3 Å². The monoisotopic (exact) mass is 351 g/mol. The molecular formula is C20H21N3O3. The maximum Gasteiger partial charge on any atom is 0.256 e. The molecule has 1 amide bonds. The number of methoxy groups -OCH3 is 1. The van der Waals surface area contributed by atoms with E-state index in [1.54, 1.807) is 35.4 Å². The van der Waals surface area contributed by atoms with Gasteiger partial charge in [0.25, 0.3) is 5.91 Å². The molecule has 1 aromatic carbocycles. The summed E-state index contributed by atoms with van der Waals surface area (Å²) in [6.07, 6.45) is 1.43. The Morgan fingerprint density at radius 1 is 1.31 bits per heavy atom. The fraction of sp³-hybridized carbons (Fsp3) is 0.350. The first-order valence-corrected chi connectivity index (χ1v) is 8.53. The summed E-state index contributed by atoms with van der Waals surface area (Å²) in [5.74, 6) is 0.234. The number of carbonyl (C=O) groups excluding carboxylic acids is 1. The Hall–Kier alpha value is -2.91. The van der Waals surface area contributed by atoms with E-state index in [0.29, 0.717) is 37.2 Å². The van der Waals surface area contributed by atoms with Gasteiger partial charge >= 0.3 is 0 Å². The van der Waals surface area contributed by atoms with Gasteiger partial charge in [0.15, 0.2) is 6.10 Å². The van der Waals surface area contributed by atoms with Gasteiger partial charge in [-0.1, -0.05) is 18.2 Å². The molecule has 1 aliphatic heterocycles. The molecule has 0 aliphatic carbocycles. The van der Waals surface area contributed by atoms with E-state index < -0.39 is 11.5 Å². The van der Waals surface area contributed by atoms with E-state index in [2.05, 4.69) is 11.1 Å². The zero-order valence-electron chi connectivity index (χ0n) is 14.6. The third-order valence-corrected chi connectivity index (χ3v) is 4.94. The van der Waals surface area contributed by atoms with Crippen LogP contribution in [0.2, 0.25) is 0 Å². The van der Waals surface area contributed by atoms with E-state index >= 15 is 0 Å². The number of nitriles is 1. The summed E-state index contributed by atoms with van der Waals surface area (Å²) in [5.41, 5.74) is 0.554. The molecule has 2 aromatic rings. The Morgan fingerprint density at radius 2 is 2.08 bits per heavy atom. The topological polar surface area (TPSA) is 86.5 Å². The van der Waals surface area contributed by atoms with Crippen LogP contribution in [0, 0.1) is 11.3 Å². The van der Waals surface area contributed by atoms with Crippen LogP contribution in [0.4, 0.5) is 0 Å². The van der Waals surface area contributed by atoms with Crippen molar-refractivity contribution in [1.29, 1.82) is 5.26 Å². The summed E-state index contributed by atoms with van der Waals surface area (Å²) in [4.78, 5) is 18.6. The lowest BCUT2D eigenvalue weighted by Gasteiger charge is -2.37. The molecule has 1 aromatic heterocycles. The zero-order valence-corrected chi connectivity index (χ0v) is 14.6. The number of piperidine rings is 1. The van der Waals surface area contributed by atoms with E-state index in [1.165, 1.54) is 7.11 Å². The van der Waals surface area contributed by atoms with Crippen LogP contribution >= 0.6 is 0 Å². The van der Waals surface area contributed by atoms with E-state index in [9.17, 15) is 15.2 Å². The van der Waals surface area contributed by atoms with Gasteiger partial charge in [0.2, 0.25) is 0 Å². The predicted octanol–water partition coefficient (Wildman–Crippen LogP) is 2.21. The van der Waals surface area contributed by atoms with Crippen LogP contribution in [0.5, 0.6) is 5.75 Å². The largest absolute Gasteiger partial charge is 0.497 e. The molecule has 0 spiro atoms. The third-order valence-electron chi connectivity index (χ3n) is 4.94. The zero-order chi connectivity index (χ0) is 18.6. The molecule has 0 bridgehead atoms. The molecule has 3 rings (SSSR count). The van der Waals surface area contributed by atoms with Crippen molar-refractivity contribution in [1.82, 2.24) is 9.88 Å². The van der Waals surface area contributed by atoms with Crippen molar-refractivity contribution in [2.45, 2.75) is 24.4 Å². The number of nitrogens with zero attached hydrogens (tertiary/aromatic N) is 3. The molecule has 1 aliphatic rings. The van der Waals surface area contributed by atoms with Gasteiger partial charge in [-0.05, 0) is 42.7 Å². The van der Waals surface area contributed by atoms with Crippen molar-refractivity contribution >= 4 is 5.91 Å². The SMILES string of the molecule is COc1cccc(C(O)C(=O)N2CCC(C#N)(c3ccccn3)CC2)c1. The van der Waals surface area contributed by atoms with Crippen LogP contribution < -0.4 is 4.74 Å². The summed E-state index contributed by atoms with van der Waals surface area (Å²) in [6, 6.07) is 14.8. The van der Waals surface area contributed by atoms with E-state index in [0.717, 1.165) is 5.69 Å². The Kier molecular flexibility index (Phi) is 5.19. The van der Waals surface area contributed by atoms with Gasteiger partial charge < -0.3 is 14.7 Å². The number of amides is 1. The number of pyridine rings is 1. The fourth-order valence-electron chi connectivity index (χ4n) is 3.31. The second kappa shape index (κ2) is 7.54. The van der Waals surface area contributed by atoms with Gasteiger partial charge in [0.1, 0.15) is 11.2 Å². The number of hydrogen-bond donors (Lipinski definition) is 1. The molecule has 1 unspecified atom stereocenters. The Labute approximate surface area is 152 Å². The van der Waals surface area contributed by atoms with Crippen LogP contribution in [-0.2, 0) is 10.2 Å². The summed E-state index contributed by atoms with van der Waals surface area (Å²) in [7, 11) is 1.54. The molecule has 6 nitrogen and oxygen atoms in total. The van der Waals surface area contributed by atoms with Crippen molar-refractivity contribution in [2.24, 2.45) is 0 Å². The van der Waals surface area contributed by atoms with Crippen LogP contribution in [0.25, 0.3) is 0 Å². The van der Waals surface area contributed by atoms with Gasteiger partial charge in [-0.25, -0.2) is 0 Å². The number of carbonyl (C=O) groups is 1. The lowest BCUT2D eigenvalue weighted by molar-refractivity contribution is -0.142. The minimum atomic E-state index is -1.24. The quantitative estimate of drug-likeness (QED) is 0.913. The van der Waals surface area contributed by atoms with E-state index in [-0.39, 0.29) is 5.91 Å². The number of hydrogen-bond acceptors (Lipinski definition) is 5. The van der Waals surface area contributed by atoms with Crippen LogP contribution in [0.3, 0.4) is 0 Å². The van der Waals surface area contributed by atoms with Crippen LogP contribution in [-0.4, -0.2) is 41.1 Å². The number of rotatable bonds is 4. The minimum absolute atomic E-state index is 0.356. The molecule has 6 heteroatoms. The highest BCUT2D eigenvalue weighted by molar-refractivity contribution is 5.82. The molecule has 2 heterocycles. The highest BCUT2D eigenvalue weighted by Gasteiger charge is 2.39. The lowest BCUT2D eigenvalue weighted by atomic mass is 9.76. The molecule has 1 fully saturated rings. The van der Waals surface area contributed by atoms with Crippen molar-refractivity contribution in [3.05, 3.63) is 59.9 Å². The van der Waals surface area contributed by atoms with Gasteiger partial charge in [-0.15, -0.1) is 0 Å². The molecule has 1 saturated heterocycles. The second-order valence-electron chi connectivity index (χ2n) is 6.41. The number of aliphatic hydroxyl groups is 1. The summed E-state index contributed by atoms with van der Waals surface area (Å²) in [5, 5.41) is 20.1. The summed E-state index contributed by atoms with van der Waals surface area (Å²) >= 11 is 0. The molecule has 1 N–H and O–H groups in total. The van der Waals surface area contributed by atoms with Crippen molar-refractivity contribution in [3.63, 3.8) is 0 Å². The first kappa shape index (κ1) is 17.9. The molecule has 26 heavy (non-hydrogen) atoms. The smallest absolute Gasteiger partial charge is 0.256 e. The number of benzene rings is 1. The summed E-state index contributed by atoms with van der Waals surface area (Å²) in [6.45, 7) is 0.813. The standard InChI is InChI=1S/C20H21N3O3/c1-26-16-6-4-5-15(13-16)18(24)19(25)23-11-8-20(14-21,9-12-23)17-7-2-3-10-22-17/h2-7,10,13,18,24H,8-9,11-12H2,1H3. The maximum absolute atomic E-state index is 12.7. The van der Waals surface area contributed by atoms with Gasteiger partial charge in [-0.2, -0.15) is 5.26 Å². The Bertz CT molecular complexity index is 809. The minimum Gasteiger partial charge on any atom is -0.497 e. The number of likely N-dealkylation sites (tertiary alicyclic amines) is 1. The molecule has 0 saturated carbocycles. The Morgan fingerprint density at radius 3 is 2.69 bits per heavy atom. The average Bonchev–Trinajstić information content (AvgIpc) is 2.73. The van der Waals surface area contributed by atoms with Crippen LogP contribution in [0.15, 0.2) is 48.7 Å². The summed E-state index contributed by atoms with van der Waals surface area (Å²) < 4.78 is 5.14. The number of aliphatic hydroxyl groups excluding tert-OH is 1. The highest BCUT2D eigenvalue weighted by Crippen LogP contribution is 2.34. The molecule has 134 valence electrons. The third kappa shape index (κ3) is 3.39. The van der Waals surface area contributed by atoms with Gasteiger partial charge in [-0.3, -0.25) is 9.78 Å². The Balaban J connectivity index is 1.71. The van der Waals surface area contributed by atoms with Gasteiger partial charge in [0.05, 0.1) is 18.9 Å². The maximum atomic E-state index is 12.7. The predicted molar refractivity (Wildman–Crippen MR) is 95.3 cm³/mol. The van der Waals surface area contributed by atoms with E-state index in [4.69, 9.17) is 4.74 Å². The van der Waals surface area contributed by atoms with E-state index in [1.807, 2.05) is 18.2 Å². The highest BCUT2D eigenvalue weighted by atomic mass is 16.5. The number of aromatic nitrogens is 1. The average molecular weight is 351 g/mol. The first-order chi connectivity index (χ1) is 12.6. The van der Waals surface area contributed by atoms with Crippen molar-refractivity contribution in [3.8, 4) is 11.8 Å². The molecule has 1 atom stereocenters. The first-order valence-electron chi connectivity index (χ1n) is 8.53. The fourth-order valence-corrected chi connectivity index (χ4v) is 3.31. The molecule has 0 radical (unpaired) electrons. The van der Waals surface area contributed by atoms with Crippen molar-refractivity contribution in [2.75, 3.05) is 20.2 Å².